The van der Waals surface area contributed by atoms with Crippen molar-refractivity contribution in [1.29, 1.82) is 0 Å². The Bertz CT molecular complexity index is 936. The van der Waals surface area contributed by atoms with E-state index in [0.29, 0.717) is 6.04 Å². The van der Waals surface area contributed by atoms with Crippen LogP contribution in [0.2, 0.25) is 0 Å². The number of aromatic amines is 1. The smallest absolute Gasteiger partial charge is 0.0565 e. The van der Waals surface area contributed by atoms with Gasteiger partial charge in [0.1, 0.15) is 0 Å². The number of para-hydroxylation sites is 2. The molecule has 1 aromatic heterocycles. The van der Waals surface area contributed by atoms with Crippen molar-refractivity contribution in [3.8, 4) is 0 Å². The molecule has 1 aliphatic heterocycles. The van der Waals surface area contributed by atoms with E-state index < -0.39 is 0 Å². The van der Waals surface area contributed by atoms with E-state index in [2.05, 4.69) is 98.4 Å². The number of anilines is 1. The van der Waals surface area contributed by atoms with Crippen LogP contribution in [0.15, 0.2) is 54.6 Å². The van der Waals surface area contributed by atoms with Crippen LogP contribution in [-0.4, -0.2) is 18.1 Å². The summed E-state index contributed by atoms with van der Waals surface area (Å²) in [5.41, 5.74) is 6.60. The van der Waals surface area contributed by atoms with E-state index in [1.807, 2.05) is 0 Å². The summed E-state index contributed by atoms with van der Waals surface area (Å²) < 4.78 is 0. The molecule has 0 saturated carbocycles. The maximum Gasteiger partial charge on any atom is 0.0565 e. The number of rotatable bonds is 2. The molecule has 25 heavy (non-hydrogen) atoms. The quantitative estimate of drug-likeness (QED) is 0.750. The van der Waals surface area contributed by atoms with Crippen LogP contribution in [-0.2, 0) is 5.41 Å². The first kappa shape index (κ1) is 17.6. The minimum Gasteiger partial charge on any atom is -1.00 e. The van der Waals surface area contributed by atoms with Crippen LogP contribution < -0.4 is 17.3 Å². The summed E-state index contributed by atoms with van der Waals surface area (Å²) in [4.78, 5) is 5.89. The van der Waals surface area contributed by atoms with E-state index in [1.54, 1.807) is 0 Å². The molecule has 4 rings (SSSR count). The van der Waals surface area contributed by atoms with Gasteiger partial charge in [-0.1, -0.05) is 62.4 Å². The normalized spacial score (nSPS) is 18.6. The van der Waals surface area contributed by atoms with E-state index >= 15 is 0 Å². The van der Waals surface area contributed by atoms with Gasteiger partial charge in [-0.05, 0) is 24.6 Å². The molecule has 130 valence electrons. The third-order valence-electron chi connectivity index (χ3n) is 5.52. The molecule has 0 saturated heterocycles. The Kier molecular flexibility index (Phi) is 4.42. The minimum atomic E-state index is 0. The van der Waals surface area contributed by atoms with Gasteiger partial charge in [0.25, 0.3) is 0 Å². The summed E-state index contributed by atoms with van der Waals surface area (Å²) in [6.45, 7) is 6.83. The second-order valence-corrected chi connectivity index (χ2v) is 7.36. The lowest BCUT2D eigenvalue weighted by molar-refractivity contribution is -0.00000513. The van der Waals surface area contributed by atoms with Crippen molar-refractivity contribution < 1.29 is 12.4 Å². The number of halogens is 1. The van der Waals surface area contributed by atoms with Crippen LogP contribution >= 0.6 is 0 Å². The highest BCUT2D eigenvalue weighted by molar-refractivity contribution is 5.90. The molecule has 2 aromatic carbocycles. The Morgan fingerprint density at radius 1 is 1.04 bits per heavy atom. The first-order valence-corrected chi connectivity index (χ1v) is 8.58. The molecule has 2 nitrogen and oxygen atoms in total. The van der Waals surface area contributed by atoms with Crippen LogP contribution in [0.25, 0.3) is 17.0 Å². The third kappa shape index (κ3) is 2.65. The van der Waals surface area contributed by atoms with Crippen LogP contribution in [0.4, 0.5) is 5.69 Å². The molecule has 1 atom stereocenters. The van der Waals surface area contributed by atoms with E-state index in [1.165, 1.54) is 33.4 Å². The largest absolute Gasteiger partial charge is 1.00 e. The SMILES string of the molecule is Cc1[nH]c2ccccc2c1/C=C/C1N(C)c2ccccc2C1(C)C.[Cl-]. The fraction of sp³-hybridized carbons (Fsp3) is 0.273. The molecular weight excluding hydrogens is 328 g/mol. The Morgan fingerprint density at radius 2 is 1.72 bits per heavy atom. The van der Waals surface area contributed by atoms with Gasteiger partial charge in [-0.25, -0.2) is 0 Å². The zero-order chi connectivity index (χ0) is 16.9. The molecule has 0 aliphatic carbocycles. The van der Waals surface area contributed by atoms with Crippen molar-refractivity contribution in [3.63, 3.8) is 0 Å². The number of hydrogen-bond acceptors (Lipinski definition) is 1. The summed E-state index contributed by atoms with van der Waals surface area (Å²) in [5.74, 6) is 0. The van der Waals surface area contributed by atoms with Crippen LogP contribution in [0.1, 0.15) is 30.7 Å². The number of benzene rings is 2. The van der Waals surface area contributed by atoms with Crippen LogP contribution in [0.5, 0.6) is 0 Å². The maximum absolute atomic E-state index is 3.49. The van der Waals surface area contributed by atoms with E-state index in [9.17, 15) is 0 Å². The second-order valence-electron chi connectivity index (χ2n) is 7.36. The molecule has 2 heterocycles. The highest BCUT2D eigenvalue weighted by Gasteiger charge is 2.41. The first-order valence-electron chi connectivity index (χ1n) is 8.58. The lowest BCUT2D eigenvalue weighted by Crippen LogP contribution is -3.00. The van der Waals surface area contributed by atoms with Gasteiger partial charge in [-0.15, -0.1) is 0 Å². The highest BCUT2D eigenvalue weighted by atomic mass is 35.5. The van der Waals surface area contributed by atoms with E-state index in [0.717, 1.165) is 0 Å². The highest BCUT2D eigenvalue weighted by Crippen LogP contribution is 2.44. The fourth-order valence-electron chi connectivity index (χ4n) is 4.19. The number of H-pyrrole nitrogens is 1. The molecule has 0 bridgehead atoms. The molecule has 0 spiro atoms. The van der Waals surface area contributed by atoms with Crippen LogP contribution in [0.3, 0.4) is 0 Å². The topological polar surface area (TPSA) is 19.0 Å². The standard InChI is InChI=1S/C22H24N2.ClH/c1-15-16(17-9-5-7-11-19(17)23-15)13-14-21-22(2,3)18-10-6-8-12-20(18)24(21)4;/h5-14,21,23H,1-4H3;1H/p-1/b14-13+;. The van der Waals surface area contributed by atoms with Crippen molar-refractivity contribution in [1.82, 2.24) is 4.98 Å². The van der Waals surface area contributed by atoms with Gasteiger partial charge >= 0.3 is 0 Å². The number of hydrogen-bond donors (Lipinski definition) is 1. The number of fused-ring (bicyclic) bond motifs is 2. The molecule has 0 amide bonds. The van der Waals surface area contributed by atoms with Crippen LogP contribution in [0, 0.1) is 6.92 Å². The summed E-state index contributed by atoms with van der Waals surface area (Å²) in [7, 11) is 2.20. The zero-order valence-electron chi connectivity index (χ0n) is 15.2. The van der Waals surface area contributed by atoms with Gasteiger partial charge in [0, 0.05) is 40.3 Å². The molecule has 3 heteroatoms. The number of nitrogens with one attached hydrogen (secondary N) is 1. The Morgan fingerprint density at radius 3 is 2.48 bits per heavy atom. The third-order valence-corrected chi connectivity index (χ3v) is 5.52. The summed E-state index contributed by atoms with van der Waals surface area (Å²) in [5, 5.41) is 1.29. The van der Waals surface area contributed by atoms with Gasteiger partial charge in [0.05, 0.1) is 6.04 Å². The first-order chi connectivity index (χ1) is 11.5. The average molecular weight is 352 g/mol. The summed E-state index contributed by atoms with van der Waals surface area (Å²) >= 11 is 0. The number of aromatic nitrogens is 1. The van der Waals surface area contributed by atoms with Crippen molar-refractivity contribution >= 4 is 22.7 Å². The van der Waals surface area contributed by atoms with Gasteiger partial charge in [-0.2, -0.15) is 0 Å². The van der Waals surface area contributed by atoms with Crippen molar-refractivity contribution in [2.45, 2.75) is 32.2 Å². The molecule has 1 aliphatic rings. The fourth-order valence-corrected chi connectivity index (χ4v) is 4.19. The average Bonchev–Trinajstić information content (AvgIpc) is 2.99. The summed E-state index contributed by atoms with van der Waals surface area (Å²) in [6, 6.07) is 17.6. The maximum atomic E-state index is 3.49. The lowest BCUT2D eigenvalue weighted by Gasteiger charge is -2.29. The van der Waals surface area contributed by atoms with Gasteiger partial charge < -0.3 is 22.3 Å². The monoisotopic (exact) mass is 351 g/mol. The number of aryl methyl sites for hydroxylation is 1. The molecule has 0 radical (unpaired) electrons. The van der Waals surface area contributed by atoms with E-state index in [4.69, 9.17) is 0 Å². The van der Waals surface area contributed by atoms with Crippen molar-refractivity contribution in [2.24, 2.45) is 0 Å². The molecule has 1 N–H and O–H groups in total. The molecular formula is C22H24ClN2-. The predicted octanol–water partition coefficient (Wildman–Crippen LogP) is 2.29. The van der Waals surface area contributed by atoms with Gasteiger partial charge in [0.15, 0.2) is 0 Å². The Hall–Kier alpha value is -2.19. The lowest BCUT2D eigenvalue weighted by atomic mass is 9.80. The molecule has 3 aromatic rings. The van der Waals surface area contributed by atoms with E-state index in [-0.39, 0.29) is 17.8 Å². The Balaban J connectivity index is 0.00000182. The van der Waals surface area contributed by atoms with Crippen molar-refractivity contribution in [3.05, 3.63) is 71.4 Å². The zero-order valence-corrected chi connectivity index (χ0v) is 15.9. The van der Waals surface area contributed by atoms with Crippen molar-refractivity contribution in [2.75, 3.05) is 11.9 Å². The summed E-state index contributed by atoms with van der Waals surface area (Å²) in [6.07, 6.45) is 4.66. The second kappa shape index (κ2) is 6.27. The number of likely N-dealkylation sites (N-methyl/N-ethyl adjacent to an activating group) is 1. The Labute approximate surface area is 156 Å². The minimum absolute atomic E-state index is 0. The number of nitrogens with zero attached hydrogens (tertiary/aromatic N) is 1. The predicted molar refractivity (Wildman–Crippen MR) is 104 cm³/mol. The van der Waals surface area contributed by atoms with Gasteiger partial charge in [0.2, 0.25) is 0 Å². The molecule has 1 unspecified atom stereocenters. The molecule has 0 fully saturated rings. The van der Waals surface area contributed by atoms with Gasteiger partial charge in [-0.3, -0.25) is 0 Å².